The summed E-state index contributed by atoms with van der Waals surface area (Å²) in [4.78, 5) is 22.8. The van der Waals surface area contributed by atoms with Crippen LogP contribution in [0.5, 0.6) is 0 Å². The molecule has 1 atom stereocenters. The molecule has 0 radical (unpaired) electrons. The van der Waals surface area contributed by atoms with E-state index in [4.69, 9.17) is 5.11 Å². The van der Waals surface area contributed by atoms with Crippen LogP contribution in [0.2, 0.25) is 0 Å². The summed E-state index contributed by atoms with van der Waals surface area (Å²) in [6.07, 6.45) is 18.9. The average molecular weight is 386 g/mol. The Morgan fingerprint density at radius 2 is 1.50 bits per heavy atom. The monoisotopic (exact) mass is 385 g/mol. The van der Waals surface area contributed by atoms with Gasteiger partial charge in [-0.3, -0.25) is 9.59 Å². The van der Waals surface area contributed by atoms with E-state index < -0.39 is 11.9 Å². The smallest absolute Gasteiger partial charge is 0.304 e. The molecule has 0 rings (SSSR count). The Labute approximate surface area is 165 Å². The SMILES string of the molecule is CCCCCCCCCCCCCC=CC(CC(=O)O)C(=O)NCCS. The molecule has 0 spiro atoms. The van der Waals surface area contributed by atoms with Gasteiger partial charge in [0.1, 0.15) is 0 Å². The third kappa shape index (κ3) is 16.5. The minimum absolute atomic E-state index is 0.160. The molecule has 0 aromatic rings. The molecule has 0 fully saturated rings. The van der Waals surface area contributed by atoms with Crippen molar-refractivity contribution in [3.8, 4) is 0 Å². The van der Waals surface area contributed by atoms with E-state index in [1.165, 1.54) is 64.2 Å². The minimum atomic E-state index is -0.949. The zero-order valence-electron chi connectivity index (χ0n) is 16.5. The second-order valence-corrected chi connectivity index (χ2v) is 7.42. The lowest BCUT2D eigenvalue weighted by molar-refractivity contribution is -0.140. The van der Waals surface area contributed by atoms with E-state index in [1.54, 1.807) is 6.08 Å². The fourth-order valence-corrected chi connectivity index (χ4v) is 3.05. The summed E-state index contributed by atoms with van der Waals surface area (Å²) >= 11 is 4.04. The molecule has 0 saturated heterocycles. The first kappa shape index (κ1) is 25.0. The van der Waals surface area contributed by atoms with Crippen molar-refractivity contribution in [1.82, 2.24) is 5.32 Å². The highest BCUT2D eigenvalue weighted by molar-refractivity contribution is 7.80. The summed E-state index contributed by atoms with van der Waals surface area (Å²) in [5.41, 5.74) is 0. The number of thiol groups is 1. The lowest BCUT2D eigenvalue weighted by atomic mass is 10.0. The number of allylic oxidation sites excluding steroid dienone is 1. The zero-order valence-corrected chi connectivity index (χ0v) is 17.4. The summed E-state index contributed by atoms with van der Waals surface area (Å²) in [6, 6.07) is 0. The number of rotatable bonds is 18. The van der Waals surface area contributed by atoms with E-state index in [-0.39, 0.29) is 12.3 Å². The van der Waals surface area contributed by atoms with Gasteiger partial charge in [0, 0.05) is 12.3 Å². The van der Waals surface area contributed by atoms with Gasteiger partial charge < -0.3 is 10.4 Å². The van der Waals surface area contributed by atoms with Crippen molar-refractivity contribution in [2.75, 3.05) is 12.3 Å². The van der Waals surface area contributed by atoms with Crippen LogP contribution in [-0.2, 0) is 9.59 Å². The van der Waals surface area contributed by atoms with Crippen LogP contribution < -0.4 is 5.32 Å². The number of nitrogens with one attached hydrogen (secondary N) is 1. The third-order valence-electron chi connectivity index (χ3n) is 4.49. The number of unbranched alkanes of at least 4 members (excludes halogenated alkanes) is 11. The van der Waals surface area contributed by atoms with E-state index in [1.807, 2.05) is 6.08 Å². The molecule has 0 aromatic heterocycles. The van der Waals surface area contributed by atoms with Crippen molar-refractivity contribution in [3.63, 3.8) is 0 Å². The molecule has 0 aliphatic heterocycles. The van der Waals surface area contributed by atoms with E-state index in [0.717, 1.165) is 12.8 Å². The highest BCUT2D eigenvalue weighted by atomic mass is 32.1. The summed E-state index contributed by atoms with van der Waals surface area (Å²) in [5.74, 6) is -1.21. The molecule has 0 bridgehead atoms. The number of aliphatic carboxylic acids is 1. The Bertz CT molecular complexity index is 385. The number of amides is 1. The number of carboxylic acids is 1. The van der Waals surface area contributed by atoms with E-state index in [0.29, 0.717) is 12.3 Å². The Balaban J connectivity index is 3.71. The molecule has 5 heteroatoms. The molecular weight excluding hydrogens is 346 g/mol. The maximum Gasteiger partial charge on any atom is 0.304 e. The molecule has 152 valence electrons. The van der Waals surface area contributed by atoms with Crippen molar-refractivity contribution < 1.29 is 14.7 Å². The van der Waals surface area contributed by atoms with Gasteiger partial charge in [-0.1, -0.05) is 83.3 Å². The average Bonchev–Trinajstić information content (AvgIpc) is 2.62. The van der Waals surface area contributed by atoms with Crippen LogP contribution >= 0.6 is 12.6 Å². The predicted octanol–water partition coefficient (Wildman–Crippen LogP) is 5.38. The molecule has 2 N–H and O–H groups in total. The second kappa shape index (κ2) is 18.8. The first-order valence-electron chi connectivity index (χ1n) is 10.4. The van der Waals surface area contributed by atoms with Gasteiger partial charge in [0.15, 0.2) is 0 Å². The van der Waals surface area contributed by atoms with Crippen LogP contribution in [0.3, 0.4) is 0 Å². The first-order chi connectivity index (χ1) is 12.6. The maximum absolute atomic E-state index is 11.9. The van der Waals surface area contributed by atoms with Crippen LogP contribution in [0.4, 0.5) is 0 Å². The lowest BCUT2D eigenvalue weighted by Crippen LogP contribution is -2.32. The Morgan fingerprint density at radius 3 is 2.00 bits per heavy atom. The quantitative estimate of drug-likeness (QED) is 0.169. The van der Waals surface area contributed by atoms with Gasteiger partial charge in [-0.05, 0) is 12.8 Å². The predicted molar refractivity (Wildman–Crippen MR) is 113 cm³/mol. The zero-order chi connectivity index (χ0) is 19.5. The normalized spacial score (nSPS) is 12.4. The van der Waals surface area contributed by atoms with Crippen molar-refractivity contribution in [2.24, 2.45) is 5.92 Å². The van der Waals surface area contributed by atoms with Gasteiger partial charge in [0.25, 0.3) is 0 Å². The second-order valence-electron chi connectivity index (χ2n) is 6.97. The molecule has 1 unspecified atom stereocenters. The molecule has 0 aromatic carbocycles. The molecule has 0 heterocycles. The van der Waals surface area contributed by atoms with Crippen LogP contribution in [0, 0.1) is 5.92 Å². The topological polar surface area (TPSA) is 66.4 Å². The van der Waals surface area contributed by atoms with Gasteiger partial charge in [-0.25, -0.2) is 0 Å². The molecule has 0 aliphatic carbocycles. The summed E-state index contributed by atoms with van der Waals surface area (Å²) < 4.78 is 0. The van der Waals surface area contributed by atoms with Crippen LogP contribution in [0.25, 0.3) is 0 Å². The van der Waals surface area contributed by atoms with Crippen molar-refractivity contribution >= 4 is 24.5 Å². The lowest BCUT2D eigenvalue weighted by Gasteiger charge is -2.10. The largest absolute Gasteiger partial charge is 0.481 e. The molecule has 1 amide bonds. The highest BCUT2D eigenvalue weighted by Gasteiger charge is 2.18. The van der Waals surface area contributed by atoms with Gasteiger partial charge in [0.05, 0.1) is 12.3 Å². The van der Waals surface area contributed by atoms with Crippen molar-refractivity contribution in [3.05, 3.63) is 12.2 Å². The van der Waals surface area contributed by atoms with Gasteiger partial charge in [0.2, 0.25) is 5.91 Å². The maximum atomic E-state index is 11.9. The summed E-state index contributed by atoms with van der Waals surface area (Å²) in [6.45, 7) is 2.71. The summed E-state index contributed by atoms with van der Waals surface area (Å²) in [5, 5.41) is 11.6. The fraction of sp³-hybridized carbons (Fsp3) is 0.810. The number of hydrogen-bond acceptors (Lipinski definition) is 3. The third-order valence-corrected chi connectivity index (χ3v) is 4.71. The van der Waals surface area contributed by atoms with Crippen LogP contribution in [0.15, 0.2) is 12.2 Å². The first-order valence-corrected chi connectivity index (χ1v) is 11.0. The Morgan fingerprint density at radius 1 is 0.962 bits per heavy atom. The Kier molecular flexibility index (Phi) is 18.1. The highest BCUT2D eigenvalue weighted by Crippen LogP contribution is 2.13. The fourth-order valence-electron chi connectivity index (χ4n) is 2.93. The van der Waals surface area contributed by atoms with Crippen LogP contribution in [-0.4, -0.2) is 29.3 Å². The van der Waals surface area contributed by atoms with Gasteiger partial charge in [-0.2, -0.15) is 12.6 Å². The summed E-state index contributed by atoms with van der Waals surface area (Å²) in [7, 11) is 0. The molecule has 0 saturated carbocycles. The standard InChI is InChI=1S/C21H39NO3S/c1-2-3-4-5-6-7-8-9-10-11-12-13-14-15-19(18-20(23)24)21(25)22-16-17-26/h14-15,19,26H,2-13,16-18H2,1H3,(H,22,25)(H,23,24). The van der Waals surface area contributed by atoms with Crippen molar-refractivity contribution in [2.45, 2.75) is 90.4 Å². The molecular formula is C21H39NO3S. The Hall–Kier alpha value is -0.970. The molecule has 26 heavy (non-hydrogen) atoms. The molecule has 0 aliphatic rings. The minimum Gasteiger partial charge on any atom is -0.481 e. The number of carboxylic acid groups (broad SMARTS) is 1. The van der Waals surface area contributed by atoms with Gasteiger partial charge >= 0.3 is 5.97 Å². The number of carbonyl (C=O) groups excluding carboxylic acids is 1. The van der Waals surface area contributed by atoms with E-state index in [2.05, 4.69) is 24.9 Å². The number of carbonyl (C=O) groups is 2. The van der Waals surface area contributed by atoms with Gasteiger partial charge in [-0.15, -0.1) is 0 Å². The van der Waals surface area contributed by atoms with E-state index >= 15 is 0 Å². The molecule has 4 nitrogen and oxygen atoms in total. The number of hydrogen-bond donors (Lipinski definition) is 3. The van der Waals surface area contributed by atoms with E-state index in [9.17, 15) is 9.59 Å². The van der Waals surface area contributed by atoms with Crippen LogP contribution in [0.1, 0.15) is 90.4 Å². The van der Waals surface area contributed by atoms with Crippen molar-refractivity contribution in [1.29, 1.82) is 0 Å².